The highest BCUT2D eigenvalue weighted by atomic mass is 16.5. The van der Waals surface area contributed by atoms with Crippen LogP contribution in [-0.2, 0) is 4.79 Å². The number of carbonyl (C=O) groups is 4. The van der Waals surface area contributed by atoms with Gasteiger partial charge in [-0.15, -0.1) is 0 Å². The number of hydrogen-bond donors (Lipinski definition) is 0. The molecule has 3 rings (SSSR count). The van der Waals surface area contributed by atoms with Crippen molar-refractivity contribution in [1.82, 2.24) is 0 Å². The van der Waals surface area contributed by atoms with Crippen molar-refractivity contribution in [2.45, 2.75) is 0 Å². The minimum absolute atomic E-state index is 0.0692. The van der Waals surface area contributed by atoms with Crippen LogP contribution in [0, 0.1) is 0 Å². The van der Waals surface area contributed by atoms with Crippen molar-refractivity contribution < 1.29 is 23.9 Å². The first-order valence-electron chi connectivity index (χ1n) is 8.11. The van der Waals surface area contributed by atoms with Gasteiger partial charge in [0.15, 0.2) is 6.29 Å². The highest BCUT2D eigenvalue weighted by Crippen LogP contribution is 2.29. The lowest BCUT2D eigenvalue weighted by molar-refractivity contribution is -0.104. The lowest BCUT2D eigenvalue weighted by Gasteiger charge is -2.12. The fourth-order valence-electron chi connectivity index (χ4n) is 2.53. The van der Waals surface area contributed by atoms with Crippen LogP contribution in [0.15, 0.2) is 78.9 Å². The zero-order valence-corrected chi connectivity index (χ0v) is 14.1. The Morgan fingerprint density at radius 3 is 1.78 bits per heavy atom. The second-order valence-electron chi connectivity index (χ2n) is 5.60. The van der Waals surface area contributed by atoms with E-state index in [1.54, 1.807) is 54.6 Å². The van der Waals surface area contributed by atoms with Crippen LogP contribution >= 0.6 is 0 Å². The number of benzene rings is 3. The zero-order valence-electron chi connectivity index (χ0n) is 14.1. The number of ketones is 3. The summed E-state index contributed by atoms with van der Waals surface area (Å²) in [6.45, 7) is 0. The minimum Gasteiger partial charge on any atom is -0.456 e. The van der Waals surface area contributed by atoms with E-state index < -0.39 is 17.3 Å². The normalized spacial score (nSPS) is 10.1. The predicted octanol–water partition coefficient (Wildman–Crippen LogP) is 3.93. The van der Waals surface area contributed by atoms with E-state index in [1.807, 2.05) is 0 Å². The molecule has 5 heteroatoms. The monoisotopic (exact) mass is 358 g/mol. The lowest BCUT2D eigenvalue weighted by atomic mass is 10.0. The summed E-state index contributed by atoms with van der Waals surface area (Å²) in [6, 6.07) is 20.6. The van der Waals surface area contributed by atoms with Gasteiger partial charge >= 0.3 is 0 Å². The molecule has 0 aromatic heterocycles. The van der Waals surface area contributed by atoms with Gasteiger partial charge in [-0.3, -0.25) is 19.2 Å². The molecule has 0 bridgehead atoms. The van der Waals surface area contributed by atoms with E-state index in [2.05, 4.69) is 0 Å². The molecule has 0 saturated heterocycles. The topological polar surface area (TPSA) is 77.5 Å². The van der Waals surface area contributed by atoms with Crippen molar-refractivity contribution in [1.29, 1.82) is 0 Å². The highest BCUT2D eigenvalue weighted by molar-refractivity contribution is 6.49. The Kier molecular flexibility index (Phi) is 5.33. The molecule has 0 aliphatic rings. The van der Waals surface area contributed by atoms with E-state index in [4.69, 9.17) is 4.74 Å². The minimum atomic E-state index is -0.741. The quantitative estimate of drug-likeness (QED) is 0.363. The summed E-state index contributed by atoms with van der Waals surface area (Å²) in [5.74, 6) is -1.88. The van der Waals surface area contributed by atoms with Crippen LogP contribution in [0.2, 0.25) is 0 Å². The number of Topliss-reactive ketones (excluding diaryl/α,β-unsaturated/α-hetero) is 3. The first-order valence-corrected chi connectivity index (χ1v) is 8.11. The van der Waals surface area contributed by atoms with Crippen LogP contribution in [0.1, 0.15) is 31.1 Å². The Morgan fingerprint density at radius 2 is 1.15 bits per heavy atom. The van der Waals surface area contributed by atoms with Gasteiger partial charge in [0, 0.05) is 5.56 Å². The molecule has 0 saturated carbocycles. The average Bonchev–Trinajstić information content (AvgIpc) is 2.73. The summed E-state index contributed by atoms with van der Waals surface area (Å²) in [5.41, 5.74) is 0.415. The molecule has 3 aromatic carbocycles. The molecular formula is C22H14O5. The Morgan fingerprint density at radius 1 is 0.630 bits per heavy atom. The summed E-state index contributed by atoms with van der Waals surface area (Å²) in [7, 11) is 0. The molecule has 0 fully saturated rings. The molecular weight excluding hydrogens is 344 g/mol. The molecule has 5 nitrogen and oxygen atoms in total. The smallest absolute Gasteiger partial charge is 0.237 e. The maximum atomic E-state index is 12.7. The van der Waals surface area contributed by atoms with E-state index in [-0.39, 0.29) is 34.5 Å². The molecule has 0 unspecified atom stereocenters. The molecule has 3 aromatic rings. The Bertz CT molecular complexity index is 1020. The van der Waals surface area contributed by atoms with E-state index >= 15 is 0 Å². The number of ether oxygens (including phenoxy) is 1. The maximum absolute atomic E-state index is 12.7. The first-order chi connectivity index (χ1) is 13.1. The average molecular weight is 358 g/mol. The van der Waals surface area contributed by atoms with Crippen molar-refractivity contribution in [2.24, 2.45) is 0 Å². The van der Waals surface area contributed by atoms with Crippen LogP contribution in [0.5, 0.6) is 11.5 Å². The Balaban J connectivity index is 1.96. The lowest BCUT2D eigenvalue weighted by Crippen LogP contribution is -2.15. The molecule has 0 spiro atoms. The van der Waals surface area contributed by atoms with Gasteiger partial charge in [-0.2, -0.15) is 0 Å². The predicted molar refractivity (Wildman–Crippen MR) is 98.5 cm³/mol. The Hall–Kier alpha value is -3.86. The summed E-state index contributed by atoms with van der Waals surface area (Å²) in [6.07, 6.45) is 0.193. The van der Waals surface area contributed by atoms with Crippen molar-refractivity contribution in [3.8, 4) is 11.5 Å². The largest absolute Gasteiger partial charge is 0.456 e. The van der Waals surface area contributed by atoms with Gasteiger partial charge in [-0.25, -0.2) is 0 Å². The van der Waals surface area contributed by atoms with Crippen molar-refractivity contribution in [2.75, 3.05) is 0 Å². The SMILES string of the molecule is O=CC(=O)c1ccccc1Oc1ccccc1C(=O)C(=O)c1ccccc1. The number of aldehydes is 1. The third-order valence-corrected chi connectivity index (χ3v) is 3.85. The number of carbonyl (C=O) groups excluding carboxylic acids is 4. The fraction of sp³-hybridized carbons (Fsp3) is 0. The van der Waals surface area contributed by atoms with Gasteiger partial charge in [0.05, 0.1) is 11.1 Å². The molecule has 0 N–H and O–H groups in total. The van der Waals surface area contributed by atoms with Gasteiger partial charge in [-0.05, 0) is 24.3 Å². The van der Waals surface area contributed by atoms with Gasteiger partial charge < -0.3 is 4.74 Å². The molecule has 27 heavy (non-hydrogen) atoms. The van der Waals surface area contributed by atoms with E-state index in [9.17, 15) is 19.2 Å². The van der Waals surface area contributed by atoms with E-state index in [0.717, 1.165) is 0 Å². The second-order valence-corrected chi connectivity index (χ2v) is 5.60. The number of rotatable bonds is 7. The fourth-order valence-corrected chi connectivity index (χ4v) is 2.53. The van der Waals surface area contributed by atoms with Gasteiger partial charge in [0.1, 0.15) is 11.5 Å². The van der Waals surface area contributed by atoms with Gasteiger partial charge in [0.25, 0.3) is 0 Å². The molecule has 0 aliphatic heterocycles. The molecule has 0 amide bonds. The summed E-state index contributed by atoms with van der Waals surface area (Å²) < 4.78 is 5.72. The van der Waals surface area contributed by atoms with Gasteiger partial charge in [-0.1, -0.05) is 54.6 Å². The zero-order chi connectivity index (χ0) is 19.2. The van der Waals surface area contributed by atoms with Crippen LogP contribution in [-0.4, -0.2) is 23.6 Å². The summed E-state index contributed by atoms with van der Waals surface area (Å²) in [4.78, 5) is 47.7. The van der Waals surface area contributed by atoms with Crippen LogP contribution < -0.4 is 4.74 Å². The van der Waals surface area contributed by atoms with Crippen molar-refractivity contribution in [3.63, 3.8) is 0 Å². The van der Waals surface area contributed by atoms with Crippen LogP contribution in [0.3, 0.4) is 0 Å². The number of para-hydroxylation sites is 2. The molecule has 0 atom stereocenters. The van der Waals surface area contributed by atoms with Gasteiger partial charge in [0.2, 0.25) is 17.3 Å². The first kappa shape index (κ1) is 17.9. The molecule has 0 radical (unpaired) electrons. The highest BCUT2D eigenvalue weighted by Gasteiger charge is 2.22. The second kappa shape index (κ2) is 8.01. The van der Waals surface area contributed by atoms with Crippen LogP contribution in [0.25, 0.3) is 0 Å². The summed E-state index contributed by atoms with van der Waals surface area (Å²) >= 11 is 0. The number of hydrogen-bond acceptors (Lipinski definition) is 5. The van der Waals surface area contributed by atoms with Crippen LogP contribution in [0.4, 0.5) is 0 Å². The molecule has 0 heterocycles. The maximum Gasteiger partial charge on any atom is 0.237 e. The van der Waals surface area contributed by atoms with Crippen molar-refractivity contribution in [3.05, 3.63) is 95.6 Å². The Labute approximate surface area is 155 Å². The third kappa shape index (κ3) is 3.88. The molecule has 0 aliphatic carbocycles. The van der Waals surface area contributed by atoms with E-state index in [1.165, 1.54) is 24.3 Å². The molecule has 132 valence electrons. The third-order valence-electron chi connectivity index (χ3n) is 3.85. The van der Waals surface area contributed by atoms with Crippen molar-refractivity contribution >= 4 is 23.6 Å². The summed E-state index contributed by atoms with van der Waals surface area (Å²) in [5, 5.41) is 0. The standard InChI is InChI=1S/C22H14O5/c23-14-18(24)16-10-4-6-12-19(16)27-20-13-7-5-11-17(20)22(26)21(25)15-8-2-1-3-9-15/h1-14H. The van der Waals surface area contributed by atoms with E-state index in [0.29, 0.717) is 0 Å².